The minimum absolute atomic E-state index is 0.105. The molecule has 2 aromatic rings. The molecule has 2 N–H and O–H groups in total. The number of hydrogen-bond donors (Lipinski definition) is 2. The van der Waals surface area contributed by atoms with Gasteiger partial charge in [-0.05, 0) is 37.5 Å². The van der Waals surface area contributed by atoms with Crippen LogP contribution >= 0.6 is 11.8 Å². The summed E-state index contributed by atoms with van der Waals surface area (Å²) >= 11 is 1.52. The number of nitro benzene ring substituents is 1. The maximum absolute atomic E-state index is 12.7. The van der Waals surface area contributed by atoms with Crippen molar-refractivity contribution >= 4 is 35.0 Å². The van der Waals surface area contributed by atoms with Crippen LogP contribution in [0.3, 0.4) is 0 Å². The molecule has 0 aliphatic carbocycles. The number of benzene rings is 2. The number of unbranched alkanes of at least 4 members (excludes halogenated alkanes) is 1. The number of non-ortho nitro benzene ring substituents is 1. The largest absolute Gasteiger partial charge is 0.339 e. The van der Waals surface area contributed by atoms with Gasteiger partial charge in [0, 0.05) is 34.9 Å². The van der Waals surface area contributed by atoms with Crippen molar-refractivity contribution in [1.29, 1.82) is 0 Å². The zero-order chi connectivity index (χ0) is 23.3. The fraction of sp³-hybridized carbons (Fsp3) is 0.348. The van der Waals surface area contributed by atoms with Gasteiger partial charge in [-0.1, -0.05) is 43.7 Å². The molecular weight excluding hydrogens is 428 g/mol. The summed E-state index contributed by atoms with van der Waals surface area (Å²) in [5.74, 6) is 0.156. The quantitative estimate of drug-likeness (QED) is 0.281. The number of hydrogen-bond acceptors (Lipinski definition) is 6. The van der Waals surface area contributed by atoms with Gasteiger partial charge in [0.2, 0.25) is 0 Å². The Morgan fingerprint density at radius 1 is 1.12 bits per heavy atom. The molecule has 0 saturated heterocycles. The topological polar surface area (TPSA) is 114 Å². The van der Waals surface area contributed by atoms with Gasteiger partial charge in [0.15, 0.2) is 0 Å². The zero-order valence-corrected chi connectivity index (χ0v) is 19.1. The summed E-state index contributed by atoms with van der Waals surface area (Å²) in [6.07, 6.45) is 2.81. The van der Waals surface area contributed by atoms with E-state index >= 15 is 0 Å². The van der Waals surface area contributed by atoms with Gasteiger partial charge in [0.1, 0.15) is 6.04 Å². The van der Waals surface area contributed by atoms with Crippen LogP contribution in [-0.4, -0.2) is 34.2 Å². The van der Waals surface area contributed by atoms with Crippen molar-refractivity contribution in [3.05, 3.63) is 75.8 Å². The fourth-order valence-corrected chi connectivity index (χ4v) is 3.76. The molecular formula is C23H28N4O4S. The molecule has 0 bridgehead atoms. The van der Waals surface area contributed by atoms with E-state index in [4.69, 9.17) is 0 Å². The van der Waals surface area contributed by atoms with Gasteiger partial charge in [-0.15, -0.1) is 0 Å². The molecule has 0 spiro atoms. The van der Waals surface area contributed by atoms with Gasteiger partial charge in [-0.3, -0.25) is 19.7 Å². The summed E-state index contributed by atoms with van der Waals surface area (Å²) in [7, 11) is 0. The predicted molar refractivity (Wildman–Crippen MR) is 128 cm³/mol. The Bertz CT molecular complexity index is 933. The average molecular weight is 457 g/mol. The minimum atomic E-state index is -0.811. The summed E-state index contributed by atoms with van der Waals surface area (Å²) in [6, 6.07) is 14.3. The number of nitrogens with zero attached hydrogens (tertiary/aromatic N) is 2. The molecule has 2 amide bonds. The summed E-state index contributed by atoms with van der Waals surface area (Å²) in [5, 5.41) is 17.7. The second kappa shape index (κ2) is 13.3. The molecule has 0 radical (unpaired) electrons. The molecule has 2 aromatic carbocycles. The Hall–Kier alpha value is -3.20. The lowest BCUT2D eigenvalue weighted by atomic mass is 10.2. The lowest BCUT2D eigenvalue weighted by Crippen LogP contribution is -2.47. The Kier molecular flexibility index (Phi) is 10.4. The minimum Gasteiger partial charge on any atom is -0.339 e. The third-order valence-electron chi connectivity index (χ3n) is 4.61. The van der Waals surface area contributed by atoms with E-state index in [2.05, 4.69) is 22.8 Å². The smallest absolute Gasteiger partial charge is 0.269 e. The Morgan fingerprint density at radius 3 is 2.44 bits per heavy atom. The van der Waals surface area contributed by atoms with Crippen molar-refractivity contribution in [3.8, 4) is 0 Å². The third kappa shape index (κ3) is 8.50. The van der Waals surface area contributed by atoms with E-state index in [1.54, 1.807) is 0 Å². The summed E-state index contributed by atoms with van der Waals surface area (Å²) in [6.45, 7) is 3.93. The maximum Gasteiger partial charge on any atom is 0.269 e. The van der Waals surface area contributed by atoms with Gasteiger partial charge in [-0.2, -0.15) is 16.9 Å². The highest BCUT2D eigenvalue weighted by atomic mass is 32.2. The standard InChI is InChI=1S/C23H28N4O4S/c1-3-4-8-17(2)25-26-23(29)21(16-32-15-18-9-6-5-7-10-18)24-22(28)19-11-13-20(14-12-19)27(30)31/h5-7,9-14,21H,3-4,8,15-16H2,1-2H3,(H,24,28)(H,26,29)/b25-17-/t21-/m1/s1. The molecule has 8 nitrogen and oxygen atoms in total. The number of thioether (sulfide) groups is 1. The van der Waals surface area contributed by atoms with Crippen molar-refractivity contribution < 1.29 is 14.5 Å². The Labute approximate surface area is 192 Å². The van der Waals surface area contributed by atoms with Crippen LogP contribution in [0.5, 0.6) is 0 Å². The molecule has 0 fully saturated rings. The molecule has 0 heterocycles. The molecule has 0 aliphatic rings. The lowest BCUT2D eigenvalue weighted by Gasteiger charge is -2.17. The monoisotopic (exact) mass is 456 g/mol. The van der Waals surface area contributed by atoms with Crippen molar-refractivity contribution in [3.63, 3.8) is 0 Å². The van der Waals surface area contributed by atoms with Gasteiger partial charge in [0.25, 0.3) is 17.5 Å². The van der Waals surface area contributed by atoms with Crippen LogP contribution in [0.15, 0.2) is 59.7 Å². The van der Waals surface area contributed by atoms with Crippen LogP contribution in [0.25, 0.3) is 0 Å². The van der Waals surface area contributed by atoms with Crippen molar-refractivity contribution in [2.24, 2.45) is 5.10 Å². The van der Waals surface area contributed by atoms with E-state index in [1.807, 2.05) is 37.3 Å². The first-order valence-corrected chi connectivity index (χ1v) is 11.6. The van der Waals surface area contributed by atoms with Crippen molar-refractivity contribution in [1.82, 2.24) is 10.7 Å². The first kappa shape index (κ1) is 25.1. The SMILES string of the molecule is CCCC/C(C)=N\NC(=O)[C@@H](CSCc1ccccc1)NC(=O)c1ccc([N+](=O)[O-])cc1. The van der Waals surface area contributed by atoms with E-state index in [0.717, 1.165) is 30.5 Å². The molecule has 0 aliphatic heterocycles. The number of amides is 2. The van der Waals surface area contributed by atoms with E-state index < -0.39 is 22.8 Å². The number of rotatable bonds is 12. The van der Waals surface area contributed by atoms with E-state index in [0.29, 0.717) is 11.5 Å². The molecule has 0 saturated carbocycles. The van der Waals surface area contributed by atoms with E-state index in [-0.39, 0.29) is 11.3 Å². The van der Waals surface area contributed by atoms with Gasteiger partial charge in [-0.25, -0.2) is 5.43 Å². The second-order valence-electron chi connectivity index (χ2n) is 7.26. The molecule has 170 valence electrons. The Balaban J connectivity index is 2.04. The number of hydrazone groups is 1. The maximum atomic E-state index is 12.7. The highest BCUT2D eigenvalue weighted by molar-refractivity contribution is 7.98. The van der Waals surface area contributed by atoms with E-state index in [9.17, 15) is 19.7 Å². The number of nitrogens with one attached hydrogen (secondary N) is 2. The predicted octanol–water partition coefficient (Wildman–Crippen LogP) is 4.31. The van der Waals surface area contributed by atoms with Crippen LogP contribution in [0.2, 0.25) is 0 Å². The highest BCUT2D eigenvalue weighted by Crippen LogP contribution is 2.15. The molecule has 32 heavy (non-hydrogen) atoms. The molecule has 0 aromatic heterocycles. The van der Waals surface area contributed by atoms with Crippen LogP contribution in [0.4, 0.5) is 5.69 Å². The number of nitro groups is 1. The van der Waals surface area contributed by atoms with E-state index in [1.165, 1.54) is 36.0 Å². The second-order valence-corrected chi connectivity index (χ2v) is 8.29. The molecule has 1 atom stereocenters. The third-order valence-corrected chi connectivity index (χ3v) is 5.71. The lowest BCUT2D eigenvalue weighted by molar-refractivity contribution is -0.384. The van der Waals surface area contributed by atoms with Gasteiger partial charge >= 0.3 is 0 Å². The summed E-state index contributed by atoms with van der Waals surface area (Å²) in [4.78, 5) is 35.7. The van der Waals surface area contributed by atoms with Crippen molar-refractivity contribution in [2.75, 3.05) is 5.75 Å². The average Bonchev–Trinajstić information content (AvgIpc) is 2.81. The van der Waals surface area contributed by atoms with Crippen LogP contribution < -0.4 is 10.7 Å². The van der Waals surface area contributed by atoms with Gasteiger partial charge in [0.05, 0.1) is 4.92 Å². The molecule has 9 heteroatoms. The zero-order valence-electron chi connectivity index (χ0n) is 18.2. The number of carbonyl (C=O) groups is 2. The molecule has 0 unspecified atom stereocenters. The molecule has 2 rings (SSSR count). The van der Waals surface area contributed by atoms with Gasteiger partial charge < -0.3 is 5.32 Å². The first-order valence-electron chi connectivity index (χ1n) is 10.4. The van der Waals surface area contributed by atoms with Crippen LogP contribution in [-0.2, 0) is 10.5 Å². The first-order chi connectivity index (χ1) is 15.4. The summed E-state index contributed by atoms with van der Waals surface area (Å²) < 4.78 is 0. The number of carbonyl (C=O) groups excluding carboxylic acids is 2. The van der Waals surface area contributed by atoms with Crippen molar-refractivity contribution in [2.45, 2.75) is 44.9 Å². The highest BCUT2D eigenvalue weighted by Gasteiger charge is 2.22. The van der Waals surface area contributed by atoms with Crippen LogP contribution in [0.1, 0.15) is 49.0 Å². The normalized spacial score (nSPS) is 12.1. The Morgan fingerprint density at radius 2 is 1.81 bits per heavy atom. The fourth-order valence-electron chi connectivity index (χ4n) is 2.74. The van der Waals surface area contributed by atoms with Crippen LogP contribution in [0, 0.1) is 10.1 Å². The summed E-state index contributed by atoms with van der Waals surface area (Å²) in [5.41, 5.74) is 4.62.